The zero-order chi connectivity index (χ0) is 16.1. The summed E-state index contributed by atoms with van der Waals surface area (Å²) >= 11 is 0. The average Bonchev–Trinajstić information content (AvgIpc) is 2.80. The zero-order valence-corrected chi connectivity index (χ0v) is 12.7. The van der Waals surface area contributed by atoms with Crippen molar-refractivity contribution in [1.82, 2.24) is 20.6 Å². The third-order valence-electron chi connectivity index (χ3n) is 3.79. The summed E-state index contributed by atoms with van der Waals surface area (Å²) in [5.41, 5.74) is 1.24. The van der Waals surface area contributed by atoms with Gasteiger partial charge in [-0.05, 0) is 19.3 Å². The average molecular weight is 310 g/mol. The van der Waals surface area contributed by atoms with Gasteiger partial charge in [-0.15, -0.1) is 0 Å². The smallest absolute Gasteiger partial charge is 0.255 e. The lowest BCUT2D eigenvalue weighted by atomic mass is 10.1. The molecule has 1 atom stereocenters. The molecule has 1 saturated heterocycles. The van der Waals surface area contributed by atoms with Crippen molar-refractivity contribution < 1.29 is 9.59 Å². The van der Waals surface area contributed by atoms with E-state index in [9.17, 15) is 9.59 Å². The molecule has 2 N–H and O–H groups in total. The molecule has 1 aliphatic heterocycles. The normalized spacial score (nSPS) is 17.9. The molecule has 0 unspecified atom stereocenters. The summed E-state index contributed by atoms with van der Waals surface area (Å²) in [5, 5.41) is 5.55. The first-order valence-corrected chi connectivity index (χ1v) is 7.70. The monoisotopic (exact) mass is 310 g/mol. The molecule has 6 nitrogen and oxygen atoms in total. The Morgan fingerprint density at radius 1 is 1.13 bits per heavy atom. The van der Waals surface area contributed by atoms with Crippen LogP contribution in [0, 0.1) is 0 Å². The first kappa shape index (κ1) is 15.1. The molecule has 2 amide bonds. The minimum Gasteiger partial charge on any atom is -0.354 e. The molecular weight excluding hydrogens is 292 g/mol. The van der Waals surface area contributed by atoms with Crippen LogP contribution in [0.1, 0.15) is 29.6 Å². The van der Waals surface area contributed by atoms with Crippen LogP contribution >= 0.6 is 0 Å². The molecule has 1 fully saturated rings. The summed E-state index contributed by atoms with van der Waals surface area (Å²) in [6.45, 7) is 0.667. The van der Waals surface area contributed by atoms with Gasteiger partial charge in [0.1, 0.15) is 6.04 Å². The van der Waals surface area contributed by atoms with Crippen molar-refractivity contribution in [2.45, 2.75) is 25.3 Å². The van der Waals surface area contributed by atoms with Gasteiger partial charge in [0.25, 0.3) is 5.91 Å². The number of aromatic nitrogens is 2. The lowest BCUT2D eigenvalue weighted by Crippen LogP contribution is -2.45. The minimum absolute atomic E-state index is 0.127. The highest BCUT2D eigenvalue weighted by atomic mass is 16.2. The van der Waals surface area contributed by atoms with Gasteiger partial charge in [0.05, 0.1) is 5.56 Å². The maximum absolute atomic E-state index is 12.2. The van der Waals surface area contributed by atoms with Crippen molar-refractivity contribution in [3.05, 3.63) is 48.3 Å². The summed E-state index contributed by atoms with van der Waals surface area (Å²) in [5.74, 6) is 0.110. The molecule has 118 valence electrons. The van der Waals surface area contributed by atoms with E-state index in [1.54, 1.807) is 0 Å². The minimum atomic E-state index is -0.487. The molecule has 1 aromatic heterocycles. The fourth-order valence-electron chi connectivity index (χ4n) is 2.50. The number of rotatable bonds is 3. The second-order valence-electron chi connectivity index (χ2n) is 5.47. The SMILES string of the molecule is O=C(N[C@@H]1CCCCNC1=O)c1cnc(-c2ccccc2)nc1. The fraction of sp³-hybridized carbons (Fsp3) is 0.294. The fourth-order valence-corrected chi connectivity index (χ4v) is 2.50. The number of nitrogens with one attached hydrogen (secondary N) is 2. The Morgan fingerprint density at radius 3 is 2.61 bits per heavy atom. The number of carbonyl (C=O) groups excluding carboxylic acids is 2. The van der Waals surface area contributed by atoms with E-state index in [0.717, 1.165) is 18.4 Å². The van der Waals surface area contributed by atoms with Crippen LogP contribution in [0.5, 0.6) is 0 Å². The number of carbonyl (C=O) groups is 2. The van der Waals surface area contributed by atoms with Crippen LogP contribution < -0.4 is 10.6 Å². The molecule has 23 heavy (non-hydrogen) atoms. The van der Waals surface area contributed by atoms with Crippen LogP contribution in [0.4, 0.5) is 0 Å². The predicted octanol–water partition coefficient (Wildman–Crippen LogP) is 1.54. The molecule has 0 bridgehead atoms. The van der Waals surface area contributed by atoms with E-state index in [1.165, 1.54) is 12.4 Å². The molecular formula is C17H18N4O2. The maximum Gasteiger partial charge on any atom is 0.255 e. The molecule has 2 heterocycles. The highest BCUT2D eigenvalue weighted by molar-refractivity contribution is 5.97. The van der Waals surface area contributed by atoms with E-state index in [0.29, 0.717) is 24.4 Å². The molecule has 1 aromatic carbocycles. The van der Waals surface area contributed by atoms with Crippen LogP contribution in [0.2, 0.25) is 0 Å². The summed E-state index contributed by atoms with van der Waals surface area (Å²) in [4.78, 5) is 32.6. The first-order valence-electron chi connectivity index (χ1n) is 7.70. The van der Waals surface area contributed by atoms with Crippen molar-refractivity contribution >= 4 is 11.8 Å². The Labute approximate surface area is 134 Å². The quantitative estimate of drug-likeness (QED) is 0.901. The van der Waals surface area contributed by atoms with E-state index in [1.807, 2.05) is 30.3 Å². The van der Waals surface area contributed by atoms with E-state index in [2.05, 4.69) is 20.6 Å². The Kier molecular flexibility index (Phi) is 4.61. The summed E-state index contributed by atoms with van der Waals surface area (Å²) in [7, 11) is 0. The zero-order valence-electron chi connectivity index (χ0n) is 12.7. The second kappa shape index (κ2) is 7.00. The molecule has 6 heteroatoms. The Hall–Kier alpha value is -2.76. The van der Waals surface area contributed by atoms with Crippen LogP contribution in [-0.2, 0) is 4.79 Å². The molecule has 0 spiro atoms. The van der Waals surface area contributed by atoms with Crippen molar-refractivity contribution in [3.63, 3.8) is 0 Å². The number of hydrogen-bond acceptors (Lipinski definition) is 4. The number of nitrogens with zero attached hydrogens (tertiary/aromatic N) is 2. The molecule has 0 radical (unpaired) electrons. The molecule has 2 aromatic rings. The summed E-state index contributed by atoms with van der Waals surface area (Å²) in [6, 6.07) is 9.06. The summed E-state index contributed by atoms with van der Waals surface area (Å²) < 4.78 is 0. The van der Waals surface area contributed by atoms with Crippen molar-refractivity contribution in [2.75, 3.05) is 6.54 Å². The van der Waals surface area contributed by atoms with E-state index >= 15 is 0 Å². The van der Waals surface area contributed by atoms with Gasteiger partial charge in [0.15, 0.2) is 5.82 Å². The maximum atomic E-state index is 12.2. The predicted molar refractivity (Wildman–Crippen MR) is 85.6 cm³/mol. The lowest BCUT2D eigenvalue weighted by molar-refractivity contribution is -0.122. The molecule has 1 aliphatic rings. The van der Waals surface area contributed by atoms with Gasteiger partial charge in [0.2, 0.25) is 5.91 Å². The summed E-state index contributed by atoms with van der Waals surface area (Å²) in [6.07, 6.45) is 5.47. The van der Waals surface area contributed by atoms with Crippen LogP contribution in [0.25, 0.3) is 11.4 Å². The van der Waals surface area contributed by atoms with Gasteiger partial charge >= 0.3 is 0 Å². The van der Waals surface area contributed by atoms with E-state index in [-0.39, 0.29) is 11.8 Å². The Balaban J connectivity index is 1.69. The van der Waals surface area contributed by atoms with Crippen LogP contribution in [0.15, 0.2) is 42.7 Å². The van der Waals surface area contributed by atoms with Gasteiger partial charge in [0, 0.05) is 24.5 Å². The van der Waals surface area contributed by atoms with E-state index < -0.39 is 6.04 Å². The Morgan fingerprint density at radius 2 is 1.87 bits per heavy atom. The molecule has 0 aliphatic carbocycles. The van der Waals surface area contributed by atoms with Gasteiger partial charge < -0.3 is 10.6 Å². The number of benzene rings is 1. The molecule has 0 saturated carbocycles. The van der Waals surface area contributed by atoms with Crippen molar-refractivity contribution in [2.24, 2.45) is 0 Å². The Bertz CT molecular complexity index is 685. The lowest BCUT2D eigenvalue weighted by Gasteiger charge is -2.14. The highest BCUT2D eigenvalue weighted by Crippen LogP contribution is 2.13. The van der Waals surface area contributed by atoms with Gasteiger partial charge in [-0.1, -0.05) is 30.3 Å². The van der Waals surface area contributed by atoms with Gasteiger partial charge in [-0.25, -0.2) is 9.97 Å². The third kappa shape index (κ3) is 3.71. The molecule has 3 rings (SSSR count). The van der Waals surface area contributed by atoms with Crippen molar-refractivity contribution in [3.8, 4) is 11.4 Å². The number of amides is 2. The standard InChI is InChI=1S/C17H18N4O2/c22-16(21-14-8-4-5-9-18-17(14)23)13-10-19-15(20-11-13)12-6-2-1-3-7-12/h1-3,6-7,10-11,14H,4-5,8-9H2,(H,18,23)(H,21,22)/t14-/m1/s1. The van der Waals surface area contributed by atoms with Gasteiger partial charge in [-0.3, -0.25) is 9.59 Å². The first-order chi connectivity index (χ1) is 11.2. The highest BCUT2D eigenvalue weighted by Gasteiger charge is 2.23. The topological polar surface area (TPSA) is 84.0 Å². The van der Waals surface area contributed by atoms with Gasteiger partial charge in [-0.2, -0.15) is 0 Å². The van der Waals surface area contributed by atoms with E-state index in [4.69, 9.17) is 0 Å². The second-order valence-corrected chi connectivity index (χ2v) is 5.47. The third-order valence-corrected chi connectivity index (χ3v) is 3.79. The number of hydrogen-bond donors (Lipinski definition) is 2. The largest absolute Gasteiger partial charge is 0.354 e. The van der Waals surface area contributed by atoms with Crippen molar-refractivity contribution in [1.29, 1.82) is 0 Å². The van der Waals surface area contributed by atoms with Crippen LogP contribution in [-0.4, -0.2) is 34.4 Å². The van der Waals surface area contributed by atoms with Crippen LogP contribution in [0.3, 0.4) is 0 Å².